The number of H-pyrrole nitrogens is 1. The topological polar surface area (TPSA) is 244 Å². The largest absolute Gasteiger partial charge is 0.488 e. The molecule has 1 aromatic rings. The van der Waals surface area contributed by atoms with Gasteiger partial charge in [0.15, 0.2) is 6.23 Å². The van der Waals surface area contributed by atoms with E-state index in [9.17, 15) is 48.2 Å². The predicted molar refractivity (Wildman–Crippen MR) is 105 cm³/mol. The molecule has 0 radical (unpaired) electrons. The summed E-state index contributed by atoms with van der Waals surface area (Å²) in [7, 11) is -16.5. The number of aromatic nitrogens is 2. The van der Waals surface area contributed by atoms with Gasteiger partial charge in [0.2, 0.25) is 4.07 Å². The number of nitrogens with one attached hydrogen (secondary N) is 1. The van der Waals surface area contributed by atoms with Crippen LogP contribution < -0.4 is 11.2 Å². The van der Waals surface area contributed by atoms with Crippen LogP contribution in [0.5, 0.6) is 0 Å². The number of aromatic amines is 1. The van der Waals surface area contributed by atoms with Crippen molar-refractivity contribution in [2.75, 3.05) is 6.61 Å². The van der Waals surface area contributed by atoms with Crippen LogP contribution in [0.3, 0.4) is 0 Å². The SMILES string of the molecule is CC(Cl)(Cl)P(=O)(O)OP(=O)(O)OP(=O)(O)OC[C@H]1O[C@@H](n2ccc(=O)[nH]c2=O)[C@H](O)[C@@H]1O. The van der Waals surface area contributed by atoms with Crippen molar-refractivity contribution in [3.63, 3.8) is 0 Å². The number of phosphoric ester groups is 1. The molecule has 1 aromatic heterocycles. The van der Waals surface area contributed by atoms with Gasteiger partial charge in [0.25, 0.3) is 5.56 Å². The highest BCUT2D eigenvalue weighted by Gasteiger charge is 2.50. The number of halogens is 2. The molecule has 1 fully saturated rings. The zero-order valence-electron chi connectivity index (χ0n) is 15.6. The molecule has 21 heteroatoms. The second-order valence-corrected chi connectivity index (χ2v) is 13.9. The first kappa shape index (κ1) is 27.8. The van der Waals surface area contributed by atoms with Gasteiger partial charge in [-0.3, -0.25) is 23.4 Å². The molecular weight excluding hydrogens is 548 g/mol. The fourth-order valence-corrected chi connectivity index (χ4v) is 6.47. The number of aliphatic hydroxyl groups excluding tert-OH is 2. The lowest BCUT2D eigenvalue weighted by molar-refractivity contribution is -0.0542. The number of phosphoric acid groups is 2. The Bertz CT molecular complexity index is 1100. The van der Waals surface area contributed by atoms with Crippen molar-refractivity contribution in [2.24, 2.45) is 0 Å². The summed E-state index contributed by atoms with van der Waals surface area (Å²) in [5.41, 5.74) is -1.74. The van der Waals surface area contributed by atoms with E-state index in [1.165, 1.54) is 0 Å². The first-order valence-electron chi connectivity index (χ1n) is 8.12. The van der Waals surface area contributed by atoms with E-state index in [-0.39, 0.29) is 0 Å². The molecule has 184 valence electrons. The molecule has 0 aliphatic carbocycles. The maximum Gasteiger partial charge on any atom is 0.488 e. The number of hydrogen-bond acceptors (Lipinski definition) is 11. The molecule has 0 spiro atoms. The van der Waals surface area contributed by atoms with Crippen LogP contribution in [0.15, 0.2) is 21.9 Å². The Labute approximate surface area is 188 Å². The highest BCUT2D eigenvalue weighted by molar-refractivity contribution is 7.70. The fraction of sp³-hybridized carbons (Fsp3) is 0.636. The van der Waals surface area contributed by atoms with Crippen molar-refractivity contribution < 1.29 is 56.5 Å². The van der Waals surface area contributed by atoms with E-state index in [0.717, 1.165) is 19.2 Å². The normalized spacial score (nSPS) is 29.8. The van der Waals surface area contributed by atoms with Gasteiger partial charge in [0.05, 0.1) is 6.61 Å². The molecule has 7 atom stereocenters. The number of ether oxygens (including phenoxy) is 1. The Balaban J connectivity index is 2.06. The van der Waals surface area contributed by atoms with Crippen molar-refractivity contribution in [3.05, 3.63) is 33.1 Å². The van der Waals surface area contributed by atoms with Crippen molar-refractivity contribution in [1.82, 2.24) is 9.55 Å². The van der Waals surface area contributed by atoms with Crippen LogP contribution >= 0.6 is 46.4 Å². The van der Waals surface area contributed by atoms with Crippen molar-refractivity contribution in [3.8, 4) is 0 Å². The molecule has 6 N–H and O–H groups in total. The zero-order chi connectivity index (χ0) is 24.7. The molecular formula is C11H17Cl2N2O14P3. The minimum Gasteiger partial charge on any atom is -0.387 e. The van der Waals surface area contributed by atoms with Gasteiger partial charge in [-0.05, 0) is 6.92 Å². The second-order valence-electron chi connectivity index (χ2n) is 6.32. The summed E-state index contributed by atoms with van der Waals surface area (Å²) in [6.07, 6.45) is -5.71. The highest BCUT2D eigenvalue weighted by atomic mass is 35.5. The summed E-state index contributed by atoms with van der Waals surface area (Å²) in [4.78, 5) is 53.3. The fourth-order valence-electron chi connectivity index (χ4n) is 2.27. The van der Waals surface area contributed by atoms with Gasteiger partial charge < -0.3 is 29.6 Å². The number of nitrogens with zero attached hydrogens (tertiary/aromatic N) is 1. The van der Waals surface area contributed by atoms with Crippen molar-refractivity contribution >= 4 is 46.4 Å². The van der Waals surface area contributed by atoms with Crippen LogP contribution in [0.1, 0.15) is 13.2 Å². The third-order valence-corrected chi connectivity index (χ3v) is 9.89. The maximum absolute atomic E-state index is 11.9. The first-order valence-corrected chi connectivity index (χ1v) is 13.4. The van der Waals surface area contributed by atoms with Gasteiger partial charge in [-0.25, -0.2) is 18.2 Å². The summed E-state index contributed by atoms with van der Waals surface area (Å²) >= 11 is 10.7. The molecule has 0 aromatic carbocycles. The van der Waals surface area contributed by atoms with Crippen LogP contribution in [-0.2, 0) is 31.6 Å². The van der Waals surface area contributed by atoms with E-state index in [4.69, 9.17) is 27.9 Å². The number of hydrogen-bond donors (Lipinski definition) is 6. The quantitative estimate of drug-likeness (QED) is 0.167. The highest BCUT2D eigenvalue weighted by Crippen LogP contribution is 2.72. The Morgan fingerprint density at radius 2 is 1.72 bits per heavy atom. The molecule has 0 saturated carbocycles. The average molecular weight is 565 g/mol. The van der Waals surface area contributed by atoms with Crippen LogP contribution in [0, 0.1) is 0 Å². The molecule has 16 nitrogen and oxygen atoms in total. The number of rotatable bonds is 9. The van der Waals surface area contributed by atoms with E-state index < -0.39 is 69.7 Å². The molecule has 2 rings (SSSR count). The Morgan fingerprint density at radius 1 is 1.12 bits per heavy atom. The second kappa shape index (κ2) is 9.68. The molecule has 1 aliphatic heterocycles. The molecule has 1 aliphatic rings. The molecule has 1 saturated heterocycles. The van der Waals surface area contributed by atoms with E-state index in [2.05, 4.69) is 13.1 Å². The lowest BCUT2D eigenvalue weighted by Gasteiger charge is -2.23. The van der Waals surface area contributed by atoms with Gasteiger partial charge >= 0.3 is 28.9 Å². The number of alkyl halides is 2. The van der Waals surface area contributed by atoms with Gasteiger partial charge in [-0.2, -0.15) is 4.31 Å². The number of aliphatic hydroxyl groups is 2. The molecule has 32 heavy (non-hydrogen) atoms. The first-order chi connectivity index (χ1) is 14.4. The van der Waals surface area contributed by atoms with E-state index in [1.807, 2.05) is 4.98 Å². The van der Waals surface area contributed by atoms with Gasteiger partial charge in [-0.15, -0.1) is 0 Å². The molecule has 2 heterocycles. The van der Waals surface area contributed by atoms with E-state index >= 15 is 0 Å². The van der Waals surface area contributed by atoms with E-state index in [0.29, 0.717) is 4.57 Å². The predicted octanol–water partition coefficient (Wildman–Crippen LogP) is -0.257. The standard InChI is InChI=1S/C11H17Cl2N2O14P3/c1-11(12,13)30(20,21)28-32(24,25)29-31(22,23)26-4-5-7(17)8(18)9(27-5)15-3-2-6(16)14-10(15)19/h2-3,5,7-9,17-18H,4H2,1H3,(H,20,21)(H,22,23)(H,24,25)(H,14,16,19)/t5-,7-,8-,9-/m1/s1. The summed E-state index contributed by atoms with van der Waals surface area (Å²) in [5, 5.41) is 20.1. The molecule has 0 bridgehead atoms. The Kier molecular flexibility index (Phi) is 8.42. The van der Waals surface area contributed by atoms with Crippen molar-refractivity contribution in [1.29, 1.82) is 0 Å². The minimum absolute atomic E-state index is 0.716. The molecule has 0 amide bonds. The van der Waals surface area contributed by atoms with Crippen LogP contribution in [-0.4, -0.2) is 63.4 Å². The third kappa shape index (κ3) is 6.81. The summed E-state index contributed by atoms with van der Waals surface area (Å²) in [6, 6.07) is 0.925. The maximum atomic E-state index is 11.9. The zero-order valence-corrected chi connectivity index (χ0v) is 19.8. The lowest BCUT2D eigenvalue weighted by atomic mass is 10.1. The van der Waals surface area contributed by atoms with Gasteiger partial charge in [0.1, 0.15) is 18.3 Å². The van der Waals surface area contributed by atoms with E-state index in [1.54, 1.807) is 0 Å². The lowest BCUT2D eigenvalue weighted by Crippen LogP contribution is -2.37. The summed E-state index contributed by atoms with van der Waals surface area (Å²) < 4.78 is 50.9. The monoisotopic (exact) mass is 564 g/mol. The average Bonchev–Trinajstić information content (AvgIpc) is 2.85. The Morgan fingerprint density at radius 3 is 2.25 bits per heavy atom. The van der Waals surface area contributed by atoms with Crippen LogP contribution in [0.4, 0.5) is 0 Å². The summed E-state index contributed by atoms with van der Waals surface area (Å²) in [6.45, 7) is -0.305. The summed E-state index contributed by atoms with van der Waals surface area (Å²) in [5.74, 6) is 0. The van der Waals surface area contributed by atoms with Crippen molar-refractivity contribution in [2.45, 2.75) is 35.5 Å². The van der Waals surface area contributed by atoms with Gasteiger partial charge in [-0.1, -0.05) is 23.2 Å². The van der Waals surface area contributed by atoms with Crippen LogP contribution in [0.25, 0.3) is 0 Å². The smallest absolute Gasteiger partial charge is 0.387 e. The van der Waals surface area contributed by atoms with Gasteiger partial charge in [0, 0.05) is 12.3 Å². The Hall–Kier alpha value is -0.410. The molecule has 3 unspecified atom stereocenters. The van der Waals surface area contributed by atoms with Crippen LogP contribution in [0.2, 0.25) is 0 Å². The third-order valence-electron chi connectivity index (χ3n) is 3.78. The minimum atomic E-state index is -5.74.